The minimum absolute atomic E-state index is 0.151. The highest BCUT2D eigenvalue weighted by Crippen LogP contribution is 2.40. The van der Waals surface area contributed by atoms with E-state index in [0.29, 0.717) is 16.9 Å². The highest BCUT2D eigenvalue weighted by atomic mass is 35.5. The van der Waals surface area contributed by atoms with E-state index in [4.69, 9.17) is 27.9 Å². The zero-order valence-corrected chi connectivity index (χ0v) is 12.4. The topological polar surface area (TPSA) is 9.23 Å². The average molecular weight is 317 g/mol. The molecule has 0 aliphatic rings. The van der Waals surface area contributed by atoms with Gasteiger partial charge in [-0.1, -0.05) is 17.7 Å². The first-order valence-corrected chi connectivity index (χ1v) is 6.69. The Balaban J connectivity index is 2.57. The normalized spacial score (nSPS) is 12.3. The minimum Gasteiger partial charge on any atom is -0.496 e. The second-order valence-electron chi connectivity index (χ2n) is 4.34. The van der Waals surface area contributed by atoms with Crippen molar-refractivity contribution >= 4 is 23.2 Å². The van der Waals surface area contributed by atoms with Crippen molar-refractivity contribution in [3.8, 4) is 5.75 Å². The van der Waals surface area contributed by atoms with Crippen molar-refractivity contribution < 1.29 is 13.5 Å². The van der Waals surface area contributed by atoms with Crippen molar-refractivity contribution in [3.05, 3.63) is 63.7 Å². The molecular weight excluding hydrogens is 305 g/mol. The van der Waals surface area contributed by atoms with Crippen molar-refractivity contribution in [2.75, 3.05) is 7.11 Å². The molecule has 0 saturated carbocycles. The predicted molar refractivity (Wildman–Crippen MR) is 76.8 cm³/mol. The Hall–Kier alpha value is -1.32. The van der Waals surface area contributed by atoms with Gasteiger partial charge in [-0.05, 0) is 42.3 Å². The summed E-state index contributed by atoms with van der Waals surface area (Å²) in [4.78, 5) is 0. The third-order valence-corrected chi connectivity index (χ3v) is 3.82. The second kappa shape index (κ2) is 5.98. The molecule has 0 aliphatic heterocycles. The minimum atomic E-state index is -0.863. The van der Waals surface area contributed by atoms with Gasteiger partial charge in [0.05, 0.1) is 18.1 Å². The number of benzene rings is 2. The van der Waals surface area contributed by atoms with E-state index in [0.717, 1.165) is 0 Å². The molecule has 1 atom stereocenters. The van der Waals surface area contributed by atoms with Crippen LogP contribution in [0.4, 0.5) is 8.78 Å². The van der Waals surface area contributed by atoms with Gasteiger partial charge in [-0.15, -0.1) is 11.6 Å². The Morgan fingerprint density at radius 3 is 2.50 bits per heavy atom. The van der Waals surface area contributed by atoms with Crippen LogP contribution in [-0.4, -0.2) is 7.11 Å². The highest BCUT2D eigenvalue weighted by Gasteiger charge is 2.23. The lowest BCUT2D eigenvalue weighted by molar-refractivity contribution is 0.405. The first kappa shape index (κ1) is 15.1. The van der Waals surface area contributed by atoms with Crippen LogP contribution in [0.25, 0.3) is 0 Å². The van der Waals surface area contributed by atoms with Crippen molar-refractivity contribution in [1.29, 1.82) is 0 Å². The summed E-state index contributed by atoms with van der Waals surface area (Å²) in [7, 11) is 1.43. The van der Waals surface area contributed by atoms with E-state index in [2.05, 4.69) is 0 Å². The van der Waals surface area contributed by atoms with Crippen LogP contribution in [0.5, 0.6) is 5.75 Å². The Morgan fingerprint density at radius 1 is 1.15 bits per heavy atom. The van der Waals surface area contributed by atoms with Crippen molar-refractivity contribution in [3.63, 3.8) is 0 Å². The van der Waals surface area contributed by atoms with E-state index in [-0.39, 0.29) is 10.6 Å². The average Bonchev–Trinajstić information content (AvgIpc) is 2.41. The standard InChI is InChI=1S/C15H12Cl2F2O/c1-8-6-9(10(16)7-12(8)19)15(17)14-11(18)4-3-5-13(14)20-2/h3-7,15H,1-2H3. The van der Waals surface area contributed by atoms with Crippen LogP contribution in [0.1, 0.15) is 22.1 Å². The molecule has 0 aliphatic carbocycles. The maximum atomic E-state index is 14.0. The van der Waals surface area contributed by atoms with Gasteiger partial charge in [-0.2, -0.15) is 0 Å². The number of halogens is 4. The van der Waals surface area contributed by atoms with Crippen LogP contribution in [0.3, 0.4) is 0 Å². The second-order valence-corrected chi connectivity index (χ2v) is 5.18. The number of rotatable bonds is 3. The van der Waals surface area contributed by atoms with E-state index in [1.807, 2.05) is 0 Å². The van der Waals surface area contributed by atoms with Gasteiger partial charge >= 0.3 is 0 Å². The van der Waals surface area contributed by atoms with Gasteiger partial charge in [-0.25, -0.2) is 8.78 Å². The molecular formula is C15H12Cl2F2O. The van der Waals surface area contributed by atoms with Crippen molar-refractivity contribution in [1.82, 2.24) is 0 Å². The van der Waals surface area contributed by atoms with Gasteiger partial charge in [0.1, 0.15) is 17.4 Å². The molecule has 0 radical (unpaired) electrons. The molecule has 0 saturated heterocycles. The largest absolute Gasteiger partial charge is 0.496 e. The zero-order chi connectivity index (χ0) is 14.9. The molecule has 0 spiro atoms. The molecule has 0 bridgehead atoms. The van der Waals surface area contributed by atoms with E-state index in [9.17, 15) is 8.78 Å². The molecule has 1 nitrogen and oxygen atoms in total. The summed E-state index contributed by atoms with van der Waals surface area (Å²) in [6.45, 7) is 1.59. The third kappa shape index (κ3) is 2.74. The van der Waals surface area contributed by atoms with Gasteiger partial charge in [0.2, 0.25) is 0 Å². The first-order chi connectivity index (χ1) is 9.45. The number of aryl methyl sites for hydroxylation is 1. The third-order valence-electron chi connectivity index (χ3n) is 3.04. The summed E-state index contributed by atoms with van der Waals surface area (Å²) < 4.78 is 32.5. The molecule has 0 fully saturated rings. The lowest BCUT2D eigenvalue weighted by atomic mass is 10.0. The van der Waals surface area contributed by atoms with Crippen LogP contribution in [0.2, 0.25) is 5.02 Å². The van der Waals surface area contributed by atoms with Gasteiger partial charge in [0, 0.05) is 5.02 Å². The van der Waals surface area contributed by atoms with Gasteiger partial charge in [-0.3, -0.25) is 0 Å². The van der Waals surface area contributed by atoms with Gasteiger partial charge < -0.3 is 4.74 Å². The maximum Gasteiger partial charge on any atom is 0.131 e. The Labute approximate surface area is 126 Å². The molecule has 2 aromatic carbocycles. The van der Waals surface area contributed by atoms with Crippen LogP contribution >= 0.6 is 23.2 Å². The molecule has 0 N–H and O–H groups in total. The van der Waals surface area contributed by atoms with Crippen molar-refractivity contribution in [2.45, 2.75) is 12.3 Å². The van der Waals surface area contributed by atoms with Crippen LogP contribution in [0, 0.1) is 18.6 Å². The van der Waals surface area contributed by atoms with E-state index in [1.54, 1.807) is 13.0 Å². The predicted octanol–water partition coefficient (Wildman–Crippen LogP) is 5.26. The molecule has 5 heteroatoms. The number of methoxy groups -OCH3 is 1. The van der Waals surface area contributed by atoms with Gasteiger partial charge in [0.25, 0.3) is 0 Å². The number of alkyl halides is 1. The SMILES string of the molecule is COc1cccc(F)c1C(Cl)c1cc(C)c(F)cc1Cl. The fourth-order valence-electron chi connectivity index (χ4n) is 1.97. The molecule has 0 heterocycles. The zero-order valence-electron chi connectivity index (χ0n) is 10.9. The summed E-state index contributed by atoms with van der Waals surface area (Å²) in [5.41, 5.74) is 1.02. The number of hydrogen-bond acceptors (Lipinski definition) is 1. The van der Waals surface area contributed by atoms with Crippen LogP contribution in [-0.2, 0) is 0 Å². The smallest absolute Gasteiger partial charge is 0.131 e. The molecule has 0 amide bonds. The first-order valence-electron chi connectivity index (χ1n) is 5.87. The van der Waals surface area contributed by atoms with E-state index >= 15 is 0 Å². The fraction of sp³-hybridized carbons (Fsp3) is 0.200. The van der Waals surface area contributed by atoms with Crippen molar-refractivity contribution in [2.24, 2.45) is 0 Å². The Morgan fingerprint density at radius 2 is 1.85 bits per heavy atom. The summed E-state index contributed by atoms with van der Waals surface area (Å²) >= 11 is 12.3. The molecule has 1 unspecified atom stereocenters. The summed E-state index contributed by atoms with van der Waals surface area (Å²) in [5, 5.41) is -0.712. The van der Waals surface area contributed by atoms with Crippen LogP contribution in [0.15, 0.2) is 30.3 Å². The van der Waals surface area contributed by atoms with E-state index in [1.165, 1.54) is 31.4 Å². The number of ether oxygens (including phenoxy) is 1. The lowest BCUT2D eigenvalue weighted by Crippen LogP contribution is -2.02. The molecule has 2 rings (SSSR count). The Bertz CT molecular complexity index is 644. The van der Waals surface area contributed by atoms with Gasteiger partial charge in [0.15, 0.2) is 0 Å². The summed E-state index contributed by atoms with van der Waals surface area (Å²) in [6, 6.07) is 7.12. The quantitative estimate of drug-likeness (QED) is 0.701. The summed E-state index contributed by atoms with van der Waals surface area (Å²) in [6.07, 6.45) is 0. The Kier molecular flexibility index (Phi) is 4.51. The monoisotopic (exact) mass is 316 g/mol. The summed E-state index contributed by atoms with van der Waals surface area (Å²) in [5.74, 6) is -0.603. The number of hydrogen-bond donors (Lipinski definition) is 0. The highest BCUT2D eigenvalue weighted by molar-refractivity contribution is 6.33. The molecule has 0 aromatic heterocycles. The molecule has 20 heavy (non-hydrogen) atoms. The molecule has 106 valence electrons. The lowest BCUT2D eigenvalue weighted by Gasteiger charge is -2.17. The molecule has 2 aromatic rings. The maximum absolute atomic E-state index is 14.0. The fourth-order valence-corrected chi connectivity index (χ4v) is 2.68. The van der Waals surface area contributed by atoms with Crippen LogP contribution < -0.4 is 4.74 Å². The van der Waals surface area contributed by atoms with E-state index < -0.39 is 17.0 Å².